The lowest BCUT2D eigenvalue weighted by Gasteiger charge is -2.08. The van der Waals surface area contributed by atoms with Gasteiger partial charge in [-0.15, -0.1) is 0 Å². The highest BCUT2D eigenvalue weighted by Gasteiger charge is 2.06. The lowest BCUT2D eigenvalue weighted by Crippen LogP contribution is -2.03. The standard InChI is InChI=1S/C17H34O2/c1-15(2)12-10-8-6-4-5-7-9-11-13-16(3)14-17(18)19/h15-16H,4-14H2,1-3H3,(H,18,19). The molecule has 0 fully saturated rings. The zero-order valence-corrected chi connectivity index (χ0v) is 13.3. The topological polar surface area (TPSA) is 37.3 Å². The first-order valence-corrected chi connectivity index (χ1v) is 8.24. The van der Waals surface area contributed by atoms with Crippen molar-refractivity contribution in [3.8, 4) is 0 Å². The van der Waals surface area contributed by atoms with E-state index in [0.717, 1.165) is 12.3 Å². The number of unbranched alkanes of at least 4 members (excludes halogenated alkanes) is 7. The number of carboxylic acid groups (broad SMARTS) is 1. The molecule has 0 aromatic carbocycles. The molecule has 0 saturated heterocycles. The Kier molecular flexibility index (Phi) is 12.2. The summed E-state index contributed by atoms with van der Waals surface area (Å²) < 4.78 is 0. The Labute approximate surface area is 120 Å². The highest BCUT2D eigenvalue weighted by molar-refractivity contribution is 5.66. The maximum absolute atomic E-state index is 10.5. The minimum Gasteiger partial charge on any atom is -0.481 e. The second kappa shape index (κ2) is 12.5. The van der Waals surface area contributed by atoms with E-state index in [1.807, 2.05) is 6.92 Å². The van der Waals surface area contributed by atoms with Crippen LogP contribution in [-0.2, 0) is 4.79 Å². The van der Waals surface area contributed by atoms with Gasteiger partial charge in [-0.05, 0) is 11.8 Å². The van der Waals surface area contributed by atoms with Gasteiger partial charge in [0.15, 0.2) is 0 Å². The fourth-order valence-electron chi connectivity index (χ4n) is 2.51. The van der Waals surface area contributed by atoms with Crippen LogP contribution in [0.4, 0.5) is 0 Å². The molecular weight excluding hydrogens is 236 g/mol. The fraction of sp³-hybridized carbons (Fsp3) is 0.941. The smallest absolute Gasteiger partial charge is 0.303 e. The van der Waals surface area contributed by atoms with E-state index in [1.54, 1.807) is 0 Å². The van der Waals surface area contributed by atoms with Crippen molar-refractivity contribution in [2.45, 2.75) is 91.4 Å². The lowest BCUT2D eigenvalue weighted by atomic mass is 9.98. The van der Waals surface area contributed by atoms with Crippen LogP contribution in [0.5, 0.6) is 0 Å². The van der Waals surface area contributed by atoms with Crippen molar-refractivity contribution in [2.24, 2.45) is 11.8 Å². The first-order chi connectivity index (χ1) is 9.02. The molecular formula is C17H34O2. The van der Waals surface area contributed by atoms with Gasteiger partial charge in [0.2, 0.25) is 0 Å². The average Bonchev–Trinajstić information content (AvgIpc) is 2.30. The number of hydrogen-bond acceptors (Lipinski definition) is 1. The molecule has 1 unspecified atom stereocenters. The number of carbonyl (C=O) groups is 1. The molecule has 19 heavy (non-hydrogen) atoms. The molecule has 0 heterocycles. The number of aliphatic carboxylic acids is 1. The van der Waals surface area contributed by atoms with Crippen LogP contribution in [0.25, 0.3) is 0 Å². The van der Waals surface area contributed by atoms with Gasteiger partial charge in [0, 0.05) is 6.42 Å². The highest BCUT2D eigenvalue weighted by Crippen LogP contribution is 2.16. The van der Waals surface area contributed by atoms with Crippen LogP contribution in [0.15, 0.2) is 0 Å². The Morgan fingerprint density at radius 2 is 1.21 bits per heavy atom. The number of hydrogen-bond donors (Lipinski definition) is 1. The summed E-state index contributed by atoms with van der Waals surface area (Å²) >= 11 is 0. The monoisotopic (exact) mass is 270 g/mol. The Bertz CT molecular complexity index is 211. The minimum absolute atomic E-state index is 0.329. The van der Waals surface area contributed by atoms with Crippen molar-refractivity contribution < 1.29 is 9.90 Å². The van der Waals surface area contributed by atoms with Crippen molar-refractivity contribution in [1.82, 2.24) is 0 Å². The molecule has 0 aromatic heterocycles. The van der Waals surface area contributed by atoms with Crippen LogP contribution in [-0.4, -0.2) is 11.1 Å². The first-order valence-electron chi connectivity index (χ1n) is 8.24. The van der Waals surface area contributed by atoms with Crippen molar-refractivity contribution in [3.05, 3.63) is 0 Å². The number of carboxylic acids is 1. The molecule has 0 rings (SSSR count). The van der Waals surface area contributed by atoms with Gasteiger partial charge >= 0.3 is 5.97 Å². The molecule has 0 spiro atoms. The SMILES string of the molecule is CC(C)CCCCCCCCCCC(C)CC(=O)O. The predicted octanol–water partition coefficient (Wildman–Crippen LogP) is 5.65. The molecule has 0 aliphatic rings. The quantitative estimate of drug-likeness (QED) is 0.439. The summed E-state index contributed by atoms with van der Waals surface area (Å²) in [5, 5.41) is 8.66. The van der Waals surface area contributed by atoms with Gasteiger partial charge in [-0.25, -0.2) is 0 Å². The maximum Gasteiger partial charge on any atom is 0.303 e. The lowest BCUT2D eigenvalue weighted by molar-refractivity contribution is -0.138. The molecule has 2 nitrogen and oxygen atoms in total. The van der Waals surface area contributed by atoms with Gasteiger partial charge in [0.1, 0.15) is 0 Å². The van der Waals surface area contributed by atoms with Gasteiger partial charge in [-0.3, -0.25) is 4.79 Å². The molecule has 0 radical (unpaired) electrons. The number of rotatable bonds is 13. The Morgan fingerprint density at radius 1 is 0.789 bits per heavy atom. The third kappa shape index (κ3) is 15.4. The van der Waals surface area contributed by atoms with E-state index in [9.17, 15) is 4.79 Å². The second-order valence-corrected chi connectivity index (χ2v) is 6.50. The maximum atomic E-state index is 10.5. The van der Waals surface area contributed by atoms with Crippen LogP contribution in [0.1, 0.15) is 91.4 Å². The third-order valence-electron chi connectivity index (χ3n) is 3.75. The van der Waals surface area contributed by atoms with E-state index in [2.05, 4.69) is 13.8 Å². The van der Waals surface area contributed by atoms with Gasteiger partial charge < -0.3 is 5.11 Å². The van der Waals surface area contributed by atoms with Crippen molar-refractivity contribution >= 4 is 5.97 Å². The van der Waals surface area contributed by atoms with Crippen molar-refractivity contribution in [3.63, 3.8) is 0 Å². The molecule has 2 heteroatoms. The predicted molar refractivity (Wildman–Crippen MR) is 82.4 cm³/mol. The Balaban J connectivity index is 3.12. The van der Waals surface area contributed by atoms with E-state index in [-0.39, 0.29) is 0 Å². The summed E-state index contributed by atoms with van der Waals surface area (Å²) in [4.78, 5) is 10.5. The van der Waals surface area contributed by atoms with E-state index in [4.69, 9.17) is 5.11 Å². The Morgan fingerprint density at radius 3 is 1.63 bits per heavy atom. The van der Waals surface area contributed by atoms with E-state index in [0.29, 0.717) is 12.3 Å². The summed E-state index contributed by atoms with van der Waals surface area (Å²) in [5.74, 6) is 0.537. The average molecular weight is 270 g/mol. The summed E-state index contributed by atoms with van der Waals surface area (Å²) in [6.45, 7) is 6.64. The molecule has 0 amide bonds. The fourth-order valence-corrected chi connectivity index (χ4v) is 2.51. The molecule has 1 N–H and O–H groups in total. The molecule has 0 aliphatic heterocycles. The molecule has 0 bridgehead atoms. The minimum atomic E-state index is -0.658. The molecule has 114 valence electrons. The molecule has 0 aromatic rings. The third-order valence-corrected chi connectivity index (χ3v) is 3.75. The molecule has 1 atom stereocenters. The summed E-state index contributed by atoms with van der Waals surface area (Å²) in [7, 11) is 0. The van der Waals surface area contributed by atoms with Crippen LogP contribution in [0.3, 0.4) is 0 Å². The zero-order valence-electron chi connectivity index (χ0n) is 13.3. The first kappa shape index (κ1) is 18.5. The van der Waals surface area contributed by atoms with Crippen LogP contribution in [0.2, 0.25) is 0 Å². The van der Waals surface area contributed by atoms with E-state index >= 15 is 0 Å². The second-order valence-electron chi connectivity index (χ2n) is 6.50. The highest BCUT2D eigenvalue weighted by atomic mass is 16.4. The largest absolute Gasteiger partial charge is 0.481 e. The Hall–Kier alpha value is -0.530. The summed E-state index contributed by atoms with van der Waals surface area (Å²) in [6, 6.07) is 0. The van der Waals surface area contributed by atoms with Gasteiger partial charge in [-0.2, -0.15) is 0 Å². The summed E-state index contributed by atoms with van der Waals surface area (Å²) in [5.41, 5.74) is 0. The van der Waals surface area contributed by atoms with Crippen LogP contribution in [0, 0.1) is 11.8 Å². The normalized spacial score (nSPS) is 12.8. The van der Waals surface area contributed by atoms with Crippen molar-refractivity contribution in [1.29, 1.82) is 0 Å². The van der Waals surface area contributed by atoms with E-state index in [1.165, 1.54) is 57.8 Å². The molecule has 0 aliphatic carbocycles. The van der Waals surface area contributed by atoms with Crippen molar-refractivity contribution in [2.75, 3.05) is 0 Å². The summed E-state index contributed by atoms with van der Waals surface area (Å²) in [6.07, 6.45) is 13.5. The van der Waals surface area contributed by atoms with Gasteiger partial charge in [0.05, 0.1) is 0 Å². The molecule has 0 saturated carbocycles. The van der Waals surface area contributed by atoms with E-state index < -0.39 is 5.97 Å². The van der Waals surface area contributed by atoms with Crippen LogP contribution < -0.4 is 0 Å². The van der Waals surface area contributed by atoms with Gasteiger partial charge in [0.25, 0.3) is 0 Å². The zero-order chi connectivity index (χ0) is 14.5. The van der Waals surface area contributed by atoms with Gasteiger partial charge in [-0.1, -0.05) is 85.0 Å². The van der Waals surface area contributed by atoms with Crippen LogP contribution >= 0.6 is 0 Å².